The van der Waals surface area contributed by atoms with E-state index in [9.17, 15) is 4.79 Å². The van der Waals surface area contributed by atoms with Gasteiger partial charge in [-0.2, -0.15) is 5.10 Å². The summed E-state index contributed by atoms with van der Waals surface area (Å²) in [5.41, 5.74) is 4.09. The molecule has 3 rings (SSSR count). The highest BCUT2D eigenvalue weighted by molar-refractivity contribution is 5.92. The van der Waals surface area contributed by atoms with Crippen molar-refractivity contribution in [3.8, 4) is 0 Å². The van der Waals surface area contributed by atoms with Crippen LogP contribution in [-0.2, 0) is 6.42 Å². The molecule has 0 bridgehead atoms. The SMILES string of the molecule is CN(C)c1ccc(CCCNC(=O)c2cc(C3CC3)[nH]n2)cc1. The number of carbonyl (C=O) groups is 1. The minimum absolute atomic E-state index is 0.0869. The number of benzene rings is 1. The van der Waals surface area contributed by atoms with Crippen molar-refractivity contribution < 1.29 is 4.79 Å². The van der Waals surface area contributed by atoms with E-state index in [-0.39, 0.29) is 5.91 Å². The smallest absolute Gasteiger partial charge is 0.271 e. The van der Waals surface area contributed by atoms with Gasteiger partial charge in [0.05, 0.1) is 0 Å². The summed E-state index contributed by atoms with van der Waals surface area (Å²) in [7, 11) is 4.07. The molecule has 0 aliphatic heterocycles. The molecular formula is C18H24N4O. The maximum Gasteiger partial charge on any atom is 0.271 e. The van der Waals surface area contributed by atoms with Crippen LogP contribution >= 0.6 is 0 Å². The van der Waals surface area contributed by atoms with E-state index in [1.165, 1.54) is 24.1 Å². The Balaban J connectivity index is 1.41. The molecule has 23 heavy (non-hydrogen) atoms. The van der Waals surface area contributed by atoms with Crippen molar-refractivity contribution in [2.75, 3.05) is 25.5 Å². The lowest BCUT2D eigenvalue weighted by molar-refractivity contribution is 0.0948. The molecule has 1 aliphatic carbocycles. The van der Waals surface area contributed by atoms with Gasteiger partial charge >= 0.3 is 0 Å². The Morgan fingerprint density at radius 1 is 1.30 bits per heavy atom. The van der Waals surface area contributed by atoms with Crippen LogP contribution in [0.4, 0.5) is 5.69 Å². The first kappa shape index (κ1) is 15.6. The Labute approximate surface area is 137 Å². The third-order valence-electron chi connectivity index (χ3n) is 4.23. The van der Waals surface area contributed by atoms with E-state index in [2.05, 4.69) is 44.7 Å². The zero-order valence-electron chi connectivity index (χ0n) is 13.8. The zero-order chi connectivity index (χ0) is 16.2. The van der Waals surface area contributed by atoms with Gasteiger partial charge in [-0.1, -0.05) is 12.1 Å². The highest BCUT2D eigenvalue weighted by Crippen LogP contribution is 2.38. The first-order chi connectivity index (χ1) is 11.1. The lowest BCUT2D eigenvalue weighted by Gasteiger charge is -2.12. The topological polar surface area (TPSA) is 61.0 Å². The zero-order valence-corrected chi connectivity index (χ0v) is 13.8. The number of rotatable bonds is 7. The summed E-state index contributed by atoms with van der Waals surface area (Å²) in [6, 6.07) is 10.4. The second-order valence-corrected chi connectivity index (χ2v) is 6.40. The van der Waals surface area contributed by atoms with Crippen molar-refractivity contribution in [2.45, 2.75) is 31.6 Å². The van der Waals surface area contributed by atoms with Gasteiger partial charge in [-0.05, 0) is 49.4 Å². The number of anilines is 1. The summed E-state index contributed by atoms with van der Waals surface area (Å²) in [4.78, 5) is 14.1. The van der Waals surface area contributed by atoms with Crippen LogP contribution in [0.25, 0.3) is 0 Å². The van der Waals surface area contributed by atoms with E-state index < -0.39 is 0 Å². The molecule has 1 aromatic carbocycles. The predicted octanol–water partition coefficient (Wildman–Crippen LogP) is 2.72. The van der Waals surface area contributed by atoms with Crippen LogP contribution in [-0.4, -0.2) is 36.7 Å². The second-order valence-electron chi connectivity index (χ2n) is 6.40. The molecule has 122 valence electrons. The molecule has 5 nitrogen and oxygen atoms in total. The van der Waals surface area contributed by atoms with Gasteiger partial charge in [0.25, 0.3) is 5.91 Å². The van der Waals surface area contributed by atoms with E-state index in [4.69, 9.17) is 0 Å². The van der Waals surface area contributed by atoms with E-state index >= 15 is 0 Å². The Bertz CT molecular complexity index is 656. The standard InChI is InChI=1S/C18H24N4O/c1-22(2)15-9-5-13(6-10-15)4-3-11-19-18(23)17-12-16(20-21-17)14-7-8-14/h5-6,9-10,12,14H,3-4,7-8,11H2,1-2H3,(H,19,23)(H,20,21). The average Bonchev–Trinajstić information content (AvgIpc) is 3.29. The molecule has 1 heterocycles. The van der Waals surface area contributed by atoms with Gasteiger partial charge < -0.3 is 10.2 Å². The minimum Gasteiger partial charge on any atom is -0.378 e. The Hall–Kier alpha value is -2.30. The Morgan fingerprint density at radius 2 is 2.04 bits per heavy atom. The monoisotopic (exact) mass is 312 g/mol. The van der Waals surface area contributed by atoms with Crippen molar-refractivity contribution in [3.05, 3.63) is 47.3 Å². The van der Waals surface area contributed by atoms with Crippen molar-refractivity contribution in [3.63, 3.8) is 0 Å². The Morgan fingerprint density at radius 3 is 2.70 bits per heavy atom. The van der Waals surface area contributed by atoms with Crippen molar-refractivity contribution in [2.24, 2.45) is 0 Å². The highest BCUT2D eigenvalue weighted by Gasteiger charge is 2.26. The predicted molar refractivity (Wildman–Crippen MR) is 92.0 cm³/mol. The third kappa shape index (κ3) is 4.12. The molecule has 1 fully saturated rings. The van der Waals surface area contributed by atoms with Crippen molar-refractivity contribution in [1.82, 2.24) is 15.5 Å². The van der Waals surface area contributed by atoms with Crippen molar-refractivity contribution in [1.29, 1.82) is 0 Å². The van der Waals surface area contributed by atoms with E-state index in [1.54, 1.807) is 0 Å². The highest BCUT2D eigenvalue weighted by atomic mass is 16.1. The van der Waals surface area contributed by atoms with Crippen LogP contribution in [0, 0.1) is 0 Å². The number of amides is 1. The number of carbonyl (C=O) groups excluding carboxylic acids is 1. The van der Waals surface area contributed by atoms with Crippen LogP contribution in [0.5, 0.6) is 0 Å². The largest absolute Gasteiger partial charge is 0.378 e. The molecule has 1 amide bonds. The molecule has 1 saturated carbocycles. The summed E-state index contributed by atoms with van der Waals surface area (Å²) >= 11 is 0. The van der Waals surface area contributed by atoms with E-state index in [0.29, 0.717) is 18.2 Å². The van der Waals surface area contributed by atoms with Crippen LogP contribution in [0.1, 0.15) is 46.9 Å². The normalized spacial score (nSPS) is 13.8. The number of hydrogen-bond acceptors (Lipinski definition) is 3. The van der Waals surface area contributed by atoms with Crippen molar-refractivity contribution >= 4 is 11.6 Å². The molecule has 0 unspecified atom stereocenters. The minimum atomic E-state index is -0.0869. The van der Waals surface area contributed by atoms with Crippen LogP contribution in [0.2, 0.25) is 0 Å². The van der Waals surface area contributed by atoms with E-state index in [0.717, 1.165) is 18.5 Å². The fraction of sp³-hybridized carbons (Fsp3) is 0.444. The number of H-pyrrole nitrogens is 1. The molecule has 2 aromatic rings. The summed E-state index contributed by atoms with van der Waals surface area (Å²) < 4.78 is 0. The summed E-state index contributed by atoms with van der Waals surface area (Å²) in [5.74, 6) is 0.505. The third-order valence-corrected chi connectivity index (χ3v) is 4.23. The Kier molecular flexibility index (Phi) is 4.65. The average molecular weight is 312 g/mol. The van der Waals surface area contributed by atoms with Crippen LogP contribution < -0.4 is 10.2 Å². The van der Waals surface area contributed by atoms with Gasteiger partial charge in [0, 0.05) is 37.9 Å². The molecule has 5 heteroatoms. The molecular weight excluding hydrogens is 288 g/mol. The molecule has 1 aliphatic rings. The second kappa shape index (κ2) is 6.86. The van der Waals surface area contributed by atoms with Gasteiger partial charge in [-0.25, -0.2) is 0 Å². The maximum absolute atomic E-state index is 12.0. The summed E-state index contributed by atoms with van der Waals surface area (Å²) in [6.07, 6.45) is 4.29. The first-order valence-electron chi connectivity index (χ1n) is 8.23. The van der Waals surface area contributed by atoms with E-state index in [1.807, 2.05) is 20.2 Å². The molecule has 0 spiro atoms. The number of hydrogen-bond donors (Lipinski definition) is 2. The number of aromatic amines is 1. The fourth-order valence-electron chi connectivity index (χ4n) is 2.60. The lowest BCUT2D eigenvalue weighted by Crippen LogP contribution is -2.25. The molecule has 2 N–H and O–H groups in total. The van der Waals surface area contributed by atoms with Crippen LogP contribution in [0.3, 0.4) is 0 Å². The van der Waals surface area contributed by atoms with Gasteiger partial charge in [-0.3, -0.25) is 9.89 Å². The molecule has 0 atom stereocenters. The number of aromatic nitrogens is 2. The summed E-state index contributed by atoms with van der Waals surface area (Å²) in [6.45, 7) is 0.667. The van der Waals surface area contributed by atoms with Gasteiger partial charge in [0.2, 0.25) is 0 Å². The van der Waals surface area contributed by atoms with Gasteiger partial charge in [0.1, 0.15) is 5.69 Å². The molecule has 0 saturated heterocycles. The quantitative estimate of drug-likeness (QED) is 0.773. The number of nitrogens with one attached hydrogen (secondary N) is 2. The maximum atomic E-state index is 12.0. The lowest BCUT2D eigenvalue weighted by atomic mass is 10.1. The number of aryl methyl sites for hydroxylation is 1. The molecule has 1 aromatic heterocycles. The van der Waals surface area contributed by atoms with Gasteiger partial charge in [-0.15, -0.1) is 0 Å². The summed E-state index contributed by atoms with van der Waals surface area (Å²) in [5, 5.41) is 10.0. The first-order valence-corrected chi connectivity index (χ1v) is 8.23. The fourth-order valence-corrected chi connectivity index (χ4v) is 2.60. The molecule has 0 radical (unpaired) electrons. The van der Waals surface area contributed by atoms with Crippen LogP contribution in [0.15, 0.2) is 30.3 Å². The van der Waals surface area contributed by atoms with Gasteiger partial charge in [0.15, 0.2) is 0 Å². The number of nitrogens with zero attached hydrogens (tertiary/aromatic N) is 2.